The van der Waals surface area contributed by atoms with Crippen molar-refractivity contribution >= 4 is 0 Å². The first-order chi connectivity index (χ1) is 11.6. The lowest BCUT2D eigenvalue weighted by Gasteiger charge is -2.16. The number of hydrogen-bond donors (Lipinski definition) is 0. The highest BCUT2D eigenvalue weighted by Gasteiger charge is 2.36. The maximum absolute atomic E-state index is 6.00. The summed E-state index contributed by atoms with van der Waals surface area (Å²) in [5, 5.41) is 0. The fourth-order valence-electron chi connectivity index (χ4n) is 3.06. The van der Waals surface area contributed by atoms with Crippen molar-refractivity contribution < 1.29 is 9.47 Å². The van der Waals surface area contributed by atoms with Gasteiger partial charge in [-0.1, -0.05) is 52.4 Å². The topological polar surface area (TPSA) is 18.5 Å². The van der Waals surface area contributed by atoms with Crippen molar-refractivity contribution in [2.24, 2.45) is 0 Å². The number of allylic oxidation sites excluding steroid dienone is 1. The van der Waals surface area contributed by atoms with Gasteiger partial charge in [-0.25, -0.2) is 0 Å². The molecule has 0 spiro atoms. The van der Waals surface area contributed by atoms with Gasteiger partial charge in [0.15, 0.2) is 0 Å². The summed E-state index contributed by atoms with van der Waals surface area (Å²) in [4.78, 5) is 0. The molecule has 1 atom stereocenters. The number of rotatable bonds is 11. The van der Waals surface area contributed by atoms with Crippen LogP contribution in [0.5, 0.6) is 0 Å². The molecule has 1 saturated heterocycles. The lowest BCUT2D eigenvalue weighted by atomic mass is 10.1. The number of ether oxygens (including phenoxy) is 2. The molecule has 0 aromatic carbocycles. The van der Waals surface area contributed by atoms with Crippen LogP contribution < -0.4 is 0 Å². The highest BCUT2D eigenvalue weighted by atomic mass is 16.7. The molecule has 0 aromatic heterocycles. The van der Waals surface area contributed by atoms with Crippen LogP contribution >= 0.6 is 0 Å². The minimum atomic E-state index is -0.460. The zero-order valence-corrected chi connectivity index (χ0v) is 16.5. The molecule has 1 aliphatic heterocycles. The molecule has 2 heteroatoms. The van der Waals surface area contributed by atoms with Crippen molar-refractivity contribution in [1.29, 1.82) is 0 Å². The van der Waals surface area contributed by atoms with Crippen LogP contribution in [0.25, 0.3) is 0 Å². The molecule has 0 amide bonds. The summed E-state index contributed by atoms with van der Waals surface area (Å²) in [5.74, 6) is 7.22. The van der Waals surface area contributed by atoms with Gasteiger partial charge in [0.05, 0.1) is 0 Å². The Balaban J connectivity index is 2.04. The molecule has 1 rings (SSSR count). The van der Waals surface area contributed by atoms with Crippen LogP contribution in [-0.4, -0.2) is 11.9 Å². The van der Waals surface area contributed by atoms with Crippen LogP contribution in [0, 0.1) is 11.8 Å². The van der Waals surface area contributed by atoms with E-state index in [9.17, 15) is 0 Å². The Labute approximate surface area is 150 Å². The average Bonchev–Trinajstić information content (AvgIpc) is 2.83. The summed E-state index contributed by atoms with van der Waals surface area (Å²) < 4.78 is 11.9. The molecule has 0 N–H and O–H groups in total. The normalized spacial score (nSPS) is 20.7. The van der Waals surface area contributed by atoms with Gasteiger partial charge in [0.2, 0.25) is 5.79 Å². The summed E-state index contributed by atoms with van der Waals surface area (Å²) >= 11 is 0. The molecule has 138 valence electrons. The second kappa shape index (κ2) is 12.4. The van der Waals surface area contributed by atoms with Crippen LogP contribution in [0.1, 0.15) is 105 Å². The third-order valence-electron chi connectivity index (χ3n) is 4.31. The molecule has 0 radical (unpaired) electrons. The van der Waals surface area contributed by atoms with Gasteiger partial charge in [-0.3, -0.25) is 0 Å². The highest BCUT2D eigenvalue weighted by molar-refractivity contribution is 5.05. The first-order valence-corrected chi connectivity index (χ1v) is 10.1. The Kier molecular flexibility index (Phi) is 10.9. The predicted molar refractivity (Wildman–Crippen MR) is 103 cm³/mol. The van der Waals surface area contributed by atoms with E-state index in [0.29, 0.717) is 0 Å². The fourth-order valence-corrected chi connectivity index (χ4v) is 3.06. The van der Waals surface area contributed by atoms with E-state index in [1.807, 2.05) is 13.8 Å². The third kappa shape index (κ3) is 9.38. The van der Waals surface area contributed by atoms with Gasteiger partial charge < -0.3 is 9.47 Å². The van der Waals surface area contributed by atoms with Crippen molar-refractivity contribution in [3.63, 3.8) is 0 Å². The molecule has 0 bridgehead atoms. The third-order valence-corrected chi connectivity index (χ3v) is 4.31. The zero-order valence-electron chi connectivity index (χ0n) is 16.5. The average molecular weight is 335 g/mol. The van der Waals surface area contributed by atoms with Crippen LogP contribution in [0.2, 0.25) is 0 Å². The maximum Gasteiger partial charge on any atom is 0.205 e. The van der Waals surface area contributed by atoms with Gasteiger partial charge >= 0.3 is 0 Å². The molecule has 0 aromatic rings. The molecule has 2 nitrogen and oxygen atoms in total. The summed E-state index contributed by atoms with van der Waals surface area (Å²) in [7, 11) is 0. The first kappa shape index (κ1) is 21.1. The molecule has 1 heterocycles. The lowest BCUT2D eigenvalue weighted by Crippen LogP contribution is -2.21. The van der Waals surface area contributed by atoms with Gasteiger partial charge in [0, 0.05) is 26.7 Å². The smallest absolute Gasteiger partial charge is 0.205 e. The van der Waals surface area contributed by atoms with Crippen molar-refractivity contribution in [2.45, 2.75) is 117 Å². The van der Waals surface area contributed by atoms with E-state index < -0.39 is 5.79 Å². The minimum absolute atomic E-state index is 0.155. The van der Waals surface area contributed by atoms with E-state index in [2.05, 4.69) is 31.8 Å². The quantitative estimate of drug-likeness (QED) is 0.307. The molecule has 0 unspecified atom stereocenters. The monoisotopic (exact) mass is 334 g/mol. The van der Waals surface area contributed by atoms with E-state index >= 15 is 0 Å². The standard InChI is InChI=1S/C22H38O2/c1-5-7-8-9-10-11-12-13-14-15-16-17-19-21-20(18-6-2)23-22(3,4)24-21/h18,21H,5-10,13-17,19H2,1-4H3/b20-18-/t21-/m1/s1. The Hall–Kier alpha value is -0.940. The van der Waals surface area contributed by atoms with Crippen molar-refractivity contribution in [3.8, 4) is 11.8 Å². The maximum atomic E-state index is 6.00. The number of unbranched alkanes of at least 4 members (excludes halogenated alkanes) is 8. The van der Waals surface area contributed by atoms with Gasteiger partial charge in [0.25, 0.3) is 0 Å². The zero-order chi connectivity index (χ0) is 17.7. The summed E-state index contributed by atoms with van der Waals surface area (Å²) in [5.41, 5.74) is 0. The van der Waals surface area contributed by atoms with Gasteiger partial charge in [0.1, 0.15) is 11.9 Å². The second-order valence-corrected chi connectivity index (χ2v) is 7.24. The molecular formula is C22H38O2. The van der Waals surface area contributed by atoms with E-state index in [1.165, 1.54) is 51.4 Å². The summed E-state index contributed by atoms with van der Waals surface area (Å²) in [6.07, 6.45) is 16.8. The first-order valence-electron chi connectivity index (χ1n) is 10.1. The largest absolute Gasteiger partial charge is 0.465 e. The molecule has 24 heavy (non-hydrogen) atoms. The van der Waals surface area contributed by atoms with Crippen molar-refractivity contribution in [2.75, 3.05) is 0 Å². The molecular weight excluding hydrogens is 296 g/mol. The molecule has 0 aliphatic carbocycles. The van der Waals surface area contributed by atoms with Gasteiger partial charge in [-0.2, -0.15) is 0 Å². The summed E-state index contributed by atoms with van der Waals surface area (Å²) in [6.45, 7) is 8.39. The van der Waals surface area contributed by atoms with Crippen molar-refractivity contribution in [3.05, 3.63) is 11.8 Å². The number of hydrogen-bond acceptors (Lipinski definition) is 2. The Bertz CT molecular complexity index is 411. The SMILES string of the molecule is CC/C=C1\OC(C)(C)O[C@@H]1CCCCCCC#CCCCCCC. The van der Waals surface area contributed by atoms with E-state index in [1.54, 1.807) is 0 Å². The van der Waals surface area contributed by atoms with E-state index in [4.69, 9.17) is 9.47 Å². The Morgan fingerprint density at radius 2 is 1.54 bits per heavy atom. The highest BCUT2D eigenvalue weighted by Crippen LogP contribution is 2.33. The molecule has 0 saturated carbocycles. The lowest BCUT2D eigenvalue weighted by molar-refractivity contribution is -0.134. The Morgan fingerprint density at radius 3 is 2.17 bits per heavy atom. The van der Waals surface area contributed by atoms with Crippen LogP contribution in [0.3, 0.4) is 0 Å². The Morgan fingerprint density at radius 1 is 0.917 bits per heavy atom. The summed E-state index contributed by atoms with van der Waals surface area (Å²) in [6, 6.07) is 0. The van der Waals surface area contributed by atoms with Crippen LogP contribution in [-0.2, 0) is 9.47 Å². The van der Waals surface area contributed by atoms with Gasteiger partial charge in [-0.15, -0.1) is 11.8 Å². The van der Waals surface area contributed by atoms with E-state index in [-0.39, 0.29) is 6.10 Å². The molecule has 1 fully saturated rings. The van der Waals surface area contributed by atoms with Crippen molar-refractivity contribution in [1.82, 2.24) is 0 Å². The second-order valence-electron chi connectivity index (χ2n) is 7.24. The molecule has 1 aliphatic rings. The van der Waals surface area contributed by atoms with E-state index in [0.717, 1.165) is 31.4 Å². The fraction of sp³-hybridized carbons (Fsp3) is 0.818. The minimum Gasteiger partial charge on any atom is -0.465 e. The van der Waals surface area contributed by atoms with Gasteiger partial charge in [-0.05, 0) is 31.8 Å². The van der Waals surface area contributed by atoms with Crippen LogP contribution in [0.4, 0.5) is 0 Å². The predicted octanol–water partition coefficient (Wildman–Crippen LogP) is 6.75. The van der Waals surface area contributed by atoms with Crippen LogP contribution in [0.15, 0.2) is 11.8 Å².